The summed E-state index contributed by atoms with van der Waals surface area (Å²) in [5.74, 6) is -0.117. The van der Waals surface area contributed by atoms with Gasteiger partial charge in [-0.15, -0.1) is 0 Å². The Bertz CT molecular complexity index is 742. The molecule has 0 N–H and O–H groups in total. The van der Waals surface area contributed by atoms with E-state index in [-0.39, 0.29) is 17.5 Å². The highest BCUT2D eigenvalue weighted by Crippen LogP contribution is 2.32. The third-order valence-electron chi connectivity index (χ3n) is 4.13. The van der Waals surface area contributed by atoms with E-state index >= 15 is 0 Å². The van der Waals surface area contributed by atoms with Crippen LogP contribution in [0.1, 0.15) is 48.3 Å². The fourth-order valence-electron chi connectivity index (χ4n) is 3.02. The van der Waals surface area contributed by atoms with Crippen LogP contribution in [-0.2, 0) is 6.54 Å². The molecule has 0 aliphatic carbocycles. The predicted octanol–water partition coefficient (Wildman–Crippen LogP) is 2.03. The zero-order valence-electron chi connectivity index (χ0n) is 13.2. The van der Waals surface area contributed by atoms with Gasteiger partial charge in [-0.1, -0.05) is 6.92 Å². The Balaban J connectivity index is 1.87. The van der Waals surface area contributed by atoms with Crippen LogP contribution in [0.15, 0.2) is 41.5 Å². The minimum Gasteiger partial charge on any atom is -0.330 e. The first-order chi connectivity index (χ1) is 11.2. The van der Waals surface area contributed by atoms with Gasteiger partial charge in [0.1, 0.15) is 5.69 Å². The van der Waals surface area contributed by atoms with Crippen LogP contribution in [0.3, 0.4) is 0 Å². The van der Waals surface area contributed by atoms with Crippen LogP contribution in [0.5, 0.6) is 0 Å². The average Bonchev–Trinajstić information content (AvgIpc) is 3.07. The zero-order valence-corrected chi connectivity index (χ0v) is 13.2. The molecule has 1 amide bonds. The van der Waals surface area contributed by atoms with Crippen LogP contribution in [0, 0.1) is 0 Å². The molecule has 2 aromatic heterocycles. The first kappa shape index (κ1) is 15.4. The van der Waals surface area contributed by atoms with Crippen LogP contribution in [0.2, 0.25) is 0 Å². The fourth-order valence-corrected chi connectivity index (χ4v) is 3.02. The minimum absolute atomic E-state index is 0.0545. The molecule has 1 aliphatic rings. The topological polar surface area (TPSA) is 68.1 Å². The lowest BCUT2D eigenvalue weighted by Crippen LogP contribution is -2.33. The van der Waals surface area contributed by atoms with Crippen molar-refractivity contribution in [2.24, 2.45) is 0 Å². The summed E-state index contributed by atoms with van der Waals surface area (Å²) in [4.78, 5) is 30.5. The number of aromatic nitrogens is 3. The largest absolute Gasteiger partial charge is 0.330 e. The maximum Gasteiger partial charge on any atom is 0.274 e. The number of hydrogen-bond acceptors (Lipinski definition) is 4. The third kappa shape index (κ3) is 3.16. The molecule has 0 aromatic carbocycles. The van der Waals surface area contributed by atoms with Gasteiger partial charge in [-0.25, -0.2) is 4.68 Å². The highest BCUT2D eigenvalue weighted by atomic mass is 16.2. The molecule has 3 heterocycles. The summed E-state index contributed by atoms with van der Waals surface area (Å²) in [5.41, 5.74) is 1.25. The Morgan fingerprint density at radius 2 is 2.04 bits per heavy atom. The third-order valence-corrected chi connectivity index (χ3v) is 4.13. The summed E-state index contributed by atoms with van der Waals surface area (Å²) in [7, 11) is 0. The van der Waals surface area contributed by atoms with E-state index in [1.54, 1.807) is 12.4 Å². The number of aryl methyl sites for hydroxylation is 1. The number of carbonyl (C=O) groups is 1. The molecule has 1 saturated heterocycles. The van der Waals surface area contributed by atoms with E-state index in [9.17, 15) is 9.59 Å². The summed E-state index contributed by atoms with van der Waals surface area (Å²) in [6, 6.07) is 6.90. The van der Waals surface area contributed by atoms with Crippen molar-refractivity contribution < 1.29 is 4.79 Å². The van der Waals surface area contributed by atoms with Crippen molar-refractivity contribution in [1.82, 2.24) is 19.7 Å². The number of hydrogen-bond donors (Lipinski definition) is 0. The summed E-state index contributed by atoms with van der Waals surface area (Å²) in [5, 5.41) is 4.24. The van der Waals surface area contributed by atoms with Gasteiger partial charge in [0, 0.05) is 31.5 Å². The molecule has 120 valence electrons. The molecule has 1 atom stereocenters. The molecule has 1 aliphatic heterocycles. The maximum atomic E-state index is 12.8. The van der Waals surface area contributed by atoms with Gasteiger partial charge < -0.3 is 4.90 Å². The Kier molecular flexibility index (Phi) is 4.50. The van der Waals surface area contributed by atoms with E-state index in [2.05, 4.69) is 10.1 Å². The molecule has 3 rings (SSSR count). The van der Waals surface area contributed by atoms with E-state index in [0.717, 1.165) is 24.8 Å². The standard InChI is InChI=1S/C17H20N4O2/c1-2-11-21-16(22)6-5-14(19-21)17(23)20-12-3-4-15(20)13-7-9-18-10-8-13/h5-10,15H,2-4,11-12H2,1H3/t15-/m1/s1. The first-order valence-corrected chi connectivity index (χ1v) is 7.99. The van der Waals surface area contributed by atoms with E-state index in [1.165, 1.54) is 16.8 Å². The van der Waals surface area contributed by atoms with Crippen molar-refractivity contribution in [3.05, 3.63) is 58.3 Å². The highest BCUT2D eigenvalue weighted by Gasteiger charge is 2.31. The lowest BCUT2D eigenvalue weighted by atomic mass is 10.1. The molecule has 0 saturated carbocycles. The highest BCUT2D eigenvalue weighted by molar-refractivity contribution is 5.92. The molecule has 2 aromatic rings. The van der Waals surface area contributed by atoms with Gasteiger partial charge in [-0.05, 0) is 43.0 Å². The Hall–Kier alpha value is -2.50. The molecule has 0 bridgehead atoms. The van der Waals surface area contributed by atoms with Crippen molar-refractivity contribution in [1.29, 1.82) is 0 Å². The van der Waals surface area contributed by atoms with E-state index < -0.39 is 0 Å². The molecule has 23 heavy (non-hydrogen) atoms. The smallest absolute Gasteiger partial charge is 0.274 e. The van der Waals surface area contributed by atoms with Crippen LogP contribution >= 0.6 is 0 Å². The van der Waals surface area contributed by atoms with Crippen molar-refractivity contribution in [2.75, 3.05) is 6.54 Å². The molecule has 6 heteroatoms. The van der Waals surface area contributed by atoms with Crippen molar-refractivity contribution in [3.8, 4) is 0 Å². The Morgan fingerprint density at radius 1 is 1.26 bits per heavy atom. The maximum absolute atomic E-state index is 12.8. The van der Waals surface area contributed by atoms with Gasteiger partial charge in [-0.3, -0.25) is 14.6 Å². The van der Waals surface area contributed by atoms with Crippen LogP contribution in [0.4, 0.5) is 0 Å². The lowest BCUT2D eigenvalue weighted by Gasteiger charge is -2.24. The number of amides is 1. The average molecular weight is 312 g/mol. The normalized spacial score (nSPS) is 17.4. The second-order valence-corrected chi connectivity index (χ2v) is 5.72. The molecule has 0 radical (unpaired) electrons. The zero-order chi connectivity index (χ0) is 16.2. The first-order valence-electron chi connectivity index (χ1n) is 7.99. The van der Waals surface area contributed by atoms with Crippen LogP contribution in [-0.4, -0.2) is 32.1 Å². The molecule has 1 fully saturated rings. The number of likely N-dealkylation sites (tertiary alicyclic amines) is 1. The van der Waals surface area contributed by atoms with Gasteiger partial charge in [0.15, 0.2) is 0 Å². The van der Waals surface area contributed by atoms with Crippen molar-refractivity contribution in [3.63, 3.8) is 0 Å². The quantitative estimate of drug-likeness (QED) is 0.866. The molecule has 6 nitrogen and oxygen atoms in total. The number of carbonyl (C=O) groups excluding carboxylic acids is 1. The summed E-state index contributed by atoms with van der Waals surface area (Å²) < 4.78 is 1.37. The van der Waals surface area contributed by atoms with E-state index in [4.69, 9.17) is 0 Å². The minimum atomic E-state index is -0.171. The summed E-state index contributed by atoms with van der Waals surface area (Å²) >= 11 is 0. The molecule has 0 spiro atoms. The second-order valence-electron chi connectivity index (χ2n) is 5.72. The molecule has 0 unspecified atom stereocenters. The van der Waals surface area contributed by atoms with Crippen LogP contribution < -0.4 is 5.56 Å². The summed E-state index contributed by atoms with van der Waals surface area (Å²) in [6.45, 7) is 3.21. The second kappa shape index (κ2) is 6.73. The number of rotatable bonds is 4. The van der Waals surface area contributed by atoms with Gasteiger partial charge in [0.2, 0.25) is 0 Å². The lowest BCUT2D eigenvalue weighted by molar-refractivity contribution is 0.0726. The monoisotopic (exact) mass is 312 g/mol. The number of nitrogens with zero attached hydrogens (tertiary/aromatic N) is 4. The number of pyridine rings is 1. The SMILES string of the molecule is CCCn1nc(C(=O)N2CCC[C@@H]2c2ccncc2)ccc1=O. The summed E-state index contributed by atoms with van der Waals surface area (Å²) in [6.07, 6.45) is 6.19. The Morgan fingerprint density at radius 3 is 2.78 bits per heavy atom. The van der Waals surface area contributed by atoms with Gasteiger partial charge in [-0.2, -0.15) is 5.10 Å². The van der Waals surface area contributed by atoms with Crippen molar-refractivity contribution in [2.45, 2.75) is 38.8 Å². The predicted molar refractivity (Wildman–Crippen MR) is 86.0 cm³/mol. The van der Waals surface area contributed by atoms with Gasteiger partial charge >= 0.3 is 0 Å². The fraction of sp³-hybridized carbons (Fsp3) is 0.412. The van der Waals surface area contributed by atoms with E-state index in [1.807, 2.05) is 24.0 Å². The van der Waals surface area contributed by atoms with Crippen molar-refractivity contribution >= 4 is 5.91 Å². The Labute approximate surface area is 134 Å². The van der Waals surface area contributed by atoms with Gasteiger partial charge in [0.25, 0.3) is 11.5 Å². The van der Waals surface area contributed by atoms with Crippen LogP contribution in [0.25, 0.3) is 0 Å². The van der Waals surface area contributed by atoms with Gasteiger partial charge in [0.05, 0.1) is 6.04 Å². The molecular formula is C17H20N4O2. The molecular weight excluding hydrogens is 292 g/mol. The van der Waals surface area contributed by atoms with E-state index in [0.29, 0.717) is 18.8 Å².